The molecular formula is C27H27ClN4O5. The Morgan fingerprint density at radius 3 is 2.57 bits per heavy atom. The molecule has 2 N–H and O–H groups in total. The van der Waals surface area contributed by atoms with E-state index < -0.39 is 17.2 Å². The van der Waals surface area contributed by atoms with E-state index in [-0.39, 0.29) is 25.4 Å². The summed E-state index contributed by atoms with van der Waals surface area (Å²) >= 11 is 6.05. The normalized spacial score (nSPS) is 11.0. The molecule has 0 spiro atoms. The Hall–Kier alpha value is -4.11. The lowest BCUT2D eigenvalue weighted by atomic mass is 10.2. The fourth-order valence-corrected chi connectivity index (χ4v) is 4.20. The molecule has 2 heterocycles. The molecule has 4 rings (SSSR count). The van der Waals surface area contributed by atoms with Gasteiger partial charge in [0.2, 0.25) is 11.8 Å². The van der Waals surface area contributed by atoms with E-state index in [1.807, 2.05) is 6.92 Å². The van der Waals surface area contributed by atoms with E-state index >= 15 is 0 Å². The van der Waals surface area contributed by atoms with Gasteiger partial charge in [0.05, 0.1) is 23.7 Å². The summed E-state index contributed by atoms with van der Waals surface area (Å²) in [4.78, 5) is 51.3. The number of aryl methyl sites for hydroxylation is 1. The molecule has 2 aromatic heterocycles. The van der Waals surface area contributed by atoms with E-state index in [1.54, 1.807) is 54.6 Å². The number of halogens is 1. The molecule has 0 saturated heterocycles. The quantitative estimate of drug-likeness (QED) is 0.307. The van der Waals surface area contributed by atoms with Crippen LogP contribution in [0.4, 0.5) is 5.69 Å². The number of anilines is 1. The summed E-state index contributed by atoms with van der Waals surface area (Å²) in [5, 5.41) is 6.38. The minimum Gasteiger partial charge on any atom is -0.467 e. The van der Waals surface area contributed by atoms with Gasteiger partial charge >= 0.3 is 5.69 Å². The number of rotatable bonds is 10. The fourth-order valence-electron chi connectivity index (χ4n) is 4.03. The number of aromatic nitrogens is 2. The zero-order valence-corrected chi connectivity index (χ0v) is 21.1. The first kappa shape index (κ1) is 26.0. The fraction of sp³-hybridized carbons (Fsp3) is 0.259. The molecule has 0 aliphatic carbocycles. The Morgan fingerprint density at radius 2 is 1.78 bits per heavy atom. The van der Waals surface area contributed by atoms with E-state index in [2.05, 4.69) is 10.6 Å². The van der Waals surface area contributed by atoms with Crippen molar-refractivity contribution in [2.24, 2.45) is 0 Å². The Labute approximate surface area is 217 Å². The van der Waals surface area contributed by atoms with Crippen LogP contribution in [0, 0.1) is 6.92 Å². The molecule has 0 saturated carbocycles. The van der Waals surface area contributed by atoms with E-state index in [1.165, 1.54) is 10.8 Å². The first-order valence-corrected chi connectivity index (χ1v) is 12.3. The number of amides is 2. The van der Waals surface area contributed by atoms with Crippen LogP contribution in [-0.2, 0) is 29.2 Å². The van der Waals surface area contributed by atoms with Crippen molar-refractivity contribution >= 4 is 40.0 Å². The first-order chi connectivity index (χ1) is 17.8. The van der Waals surface area contributed by atoms with Gasteiger partial charge < -0.3 is 15.1 Å². The van der Waals surface area contributed by atoms with Crippen LogP contribution in [0.5, 0.6) is 0 Å². The number of para-hydroxylation sites is 1. The van der Waals surface area contributed by atoms with Gasteiger partial charge in [-0.3, -0.25) is 23.5 Å². The van der Waals surface area contributed by atoms with Crippen molar-refractivity contribution < 1.29 is 14.0 Å². The van der Waals surface area contributed by atoms with Crippen LogP contribution in [0.15, 0.2) is 74.9 Å². The predicted molar refractivity (Wildman–Crippen MR) is 142 cm³/mol. The molecule has 10 heteroatoms. The van der Waals surface area contributed by atoms with Crippen molar-refractivity contribution in [2.45, 2.75) is 45.8 Å². The van der Waals surface area contributed by atoms with E-state index in [4.69, 9.17) is 16.0 Å². The number of fused-ring (bicyclic) bond motifs is 1. The van der Waals surface area contributed by atoms with Gasteiger partial charge in [0, 0.05) is 23.7 Å². The number of unbranched alkanes of at least 4 members (excludes halogenated alkanes) is 1. The monoisotopic (exact) mass is 522 g/mol. The molecule has 0 atom stereocenters. The molecule has 0 aliphatic rings. The summed E-state index contributed by atoms with van der Waals surface area (Å²) in [6.45, 7) is 1.99. The molecule has 9 nitrogen and oxygen atoms in total. The number of carbonyl (C=O) groups excluding carboxylic acids is 2. The highest BCUT2D eigenvalue weighted by Crippen LogP contribution is 2.20. The number of hydrogen-bond donors (Lipinski definition) is 2. The highest BCUT2D eigenvalue weighted by molar-refractivity contribution is 6.31. The highest BCUT2D eigenvalue weighted by atomic mass is 35.5. The number of nitrogens with zero attached hydrogens (tertiary/aromatic N) is 2. The van der Waals surface area contributed by atoms with Gasteiger partial charge in [0.25, 0.3) is 5.56 Å². The largest absolute Gasteiger partial charge is 0.467 e. The number of carbonyl (C=O) groups is 2. The highest BCUT2D eigenvalue weighted by Gasteiger charge is 2.16. The number of nitrogens with one attached hydrogen (secondary N) is 2. The molecule has 192 valence electrons. The van der Waals surface area contributed by atoms with Crippen molar-refractivity contribution in [3.05, 3.63) is 98.0 Å². The van der Waals surface area contributed by atoms with Gasteiger partial charge in [0.1, 0.15) is 12.3 Å². The maximum Gasteiger partial charge on any atom is 0.331 e. The Bertz CT molecular complexity index is 1540. The number of hydrogen-bond acceptors (Lipinski definition) is 5. The third-order valence-electron chi connectivity index (χ3n) is 5.98. The summed E-state index contributed by atoms with van der Waals surface area (Å²) in [5.41, 5.74) is 0.750. The van der Waals surface area contributed by atoms with Gasteiger partial charge in [-0.25, -0.2) is 4.79 Å². The molecule has 2 aromatic carbocycles. The molecule has 0 fully saturated rings. The summed E-state index contributed by atoms with van der Waals surface area (Å²) < 4.78 is 7.61. The van der Waals surface area contributed by atoms with E-state index in [9.17, 15) is 19.2 Å². The van der Waals surface area contributed by atoms with Gasteiger partial charge in [-0.15, -0.1) is 0 Å². The molecule has 0 unspecified atom stereocenters. The maximum absolute atomic E-state index is 13.3. The van der Waals surface area contributed by atoms with Crippen LogP contribution in [0.1, 0.15) is 30.6 Å². The van der Waals surface area contributed by atoms with Crippen LogP contribution >= 0.6 is 11.6 Å². The van der Waals surface area contributed by atoms with Crippen molar-refractivity contribution in [3.8, 4) is 0 Å². The van der Waals surface area contributed by atoms with E-state index in [0.29, 0.717) is 46.8 Å². The topological polar surface area (TPSA) is 115 Å². The van der Waals surface area contributed by atoms with Crippen molar-refractivity contribution in [1.82, 2.24) is 14.5 Å². The zero-order valence-electron chi connectivity index (χ0n) is 20.3. The number of furan rings is 1. The standard InChI is InChI=1S/C27H27ClN4O5/c1-18-11-12-19(28)15-22(18)30-25(34)17-32-23-9-3-2-8-21(23)26(35)31(27(32)36)13-5-4-10-24(33)29-16-20-7-6-14-37-20/h2-3,6-9,11-12,14-15H,4-5,10,13,16-17H2,1H3,(H,29,33)(H,30,34). The van der Waals surface area contributed by atoms with Crippen LogP contribution in [-0.4, -0.2) is 20.9 Å². The lowest BCUT2D eigenvalue weighted by Crippen LogP contribution is -2.41. The van der Waals surface area contributed by atoms with Crippen molar-refractivity contribution in [1.29, 1.82) is 0 Å². The van der Waals surface area contributed by atoms with Crippen molar-refractivity contribution in [2.75, 3.05) is 5.32 Å². The average molecular weight is 523 g/mol. The second kappa shape index (κ2) is 11.7. The molecule has 0 radical (unpaired) electrons. The molecule has 2 amide bonds. The Morgan fingerprint density at radius 1 is 0.973 bits per heavy atom. The maximum atomic E-state index is 13.3. The van der Waals surface area contributed by atoms with Crippen LogP contribution in [0.3, 0.4) is 0 Å². The molecule has 0 aliphatic heterocycles. The SMILES string of the molecule is Cc1ccc(Cl)cc1NC(=O)Cn1c(=O)n(CCCCC(=O)NCc2ccco2)c(=O)c2ccccc21. The third kappa shape index (κ3) is 6.37. The summed E-state index contributed by atoms with van der Waals surface area (Å²) in [7, 11) is 0. The number of benzene rings is 2. The van der Waals surface area contributed by atoms with E-state index in [0.717, 1.165) is 10.1 Å². The Kier molecular flexibility index (Phi) is 8.25. The Balaban J connectivity index is 1.47. The predicted octanol–water partition coefficient (Wildman–Crippen LogP) is 3.84. The van der Waals surface area contributed by atoms with Gasteiger partial charge in [-0.05, 0) is 61.7 Å². The molecular weight excluding hydrogens is 496 g/mol. The second-order valence-electron chi connectivity index (χ2n) is 8.66. The van der Waals surface area contributed by atoms with Gasteiger partial charge in [-0.1, -0.05) is 29.8 Å². The lowest BCUT2D eigenvalue weighted by molar-refractivity contribution is -0.121. The van der Waals surface area contributed by atoms with Gasteiger partial charge in [-0.2, -0.15) is 0 Å². The summed E-state index contributed by atoms with van der Waals surface area (Å²) in [5.74, 6) is 0.0925. The van der Waals surface area contributed by atoms with Crippen LogP contribution in [0.25, 0.3) is 10.9 Å². The average Bonchev–Trinajstić information content (AvgIpc) is 3.41. The van der Waals surface area contributed by atoms with Crippen LogP contribution in [0.2, 0.25) is 5.02 Å². The summed E-state index contributed by atoms with van der Waals surface area (Å²) in [6, 6.07) is 15.4. The zero-order chi connectivity index (χ0) is 26.4. The minimum absolute atomic E-state index is 0.128. The smallest absolute Gasteiger partial charge is 0.331 e. The van der Waals surface area contributed by atoms with Crippen LogP contribution < -0.4 is 21.9 Å². The second-order valence-corrected chi connectivity index (χ2v) is 9.10. The van der Waals surface area contributed by atoms with Gasteiger partial charge in [0.15, 0.2) is 0 Å². The third-order valence-corrected chi connectivity index (χ3v) is 6.22. The first-order valence-electron chi connectivity index (χ1n) is 11.9. The molecule has 4 aromatic rings. The molecule has 37 heavy (non-hydrogen) atoms. The van der Waals surface area contributed by atoms with Crippen molar-refractivity contribution in [3.63, 3.8) is 0 Å². The lowest BCUT2D eigenvalue weighted by Gasteiger charge is -2.15. The summed E-state index contributed by atoms with van der Waals surface area (Å²) in [6.07, 6.45) is 2.71. The molecule has 0 bridgehead atoms. The minimum atomic E-state index is -0.580.